The molecule has 2 heteroatoms. The third kappa shape index (κ3) is 2.11. The van der Waals surface area contributed by atoms with Gasteiger partial charge in [0.2, 0.25) is 0 Å². The lowest BCUT2D eigenvalue weighted by molar-refractivity contribution is 0.458. The Kier molecular flexibility index (Phi) is 2.80. The first-order valence-electron chi connectivity index (χ1n) is 5.59. The fraction of sp³-hybridized carbons (Fsp3) is 0.200. The summed E-state index contributed by atoms with van der Waals surface area (Å²) in [6, 6.07) is 9.23. The summed E-state index contributed by atoms with van der Waals surface area (Å²) in [6.07, 6.45) is 0. The Labute approximate surface area is 101 Å². The van der Waals surface area contributed by atoms with E-state index in [0.717, 1.165) is 16.7 Å². The second-order valence-electron chi connectivity index (χ2n) is 4.48. The molecular formula is C15H16O2. The van der Waals surface area contributed by atoms with Gasteiger partial charge < -0.3 is 10.2 Å². The molecule has 0 fully saturated rings. The number of hydrogen-bond acceptors (Lipinski definition) is 2. The fourth-order valence-electron chi connectivity index (χ4n) is 1.99. The highest BCUT2D eigenvalue weighted by Crippen LogP contribution is 2.37. The van der Waals surface area contributed by atoms with Gasteiger partial charge in [0.1, 0.15) is 11.5 Å². The van der Waals surface area contributed by atoms with E-state index in [1.54, 1.807) is 19.1 Å². The molecule has 0 aromatic heterocycles. The van der Waals surface area contributed by atoms with Crippen molar-refractivity contribution in [1.82, 2.24) is 0 Å². The molecule has 17 heavy (non-hydrogen) atoms. The first-order valence-corrected chi connectivity index (χ1v) is 5.59. The predicted octanol–water partition coefficient (Wildman–Crippen LogP) is 3.69. The minimum absolute atomic E-state index is 0.177. The van der Waals surface area contributed by atoms with Crippen molar-refractivity contribution in [2.45, 2.75) is 20.8 Å². The summed E-state index contributed by atoms with van der Waals surface area (Å²) >= 11 is 0. The van der Waals surface area contributed by atoms with Crippen LogP contribution in [0, 0.1) is 20.8 Å². The van der Waals surface area contributed by atoms with Gasteiger partial charge in [0.15, 0.2) is 0 Å². The zero-order valence-corrected chi connectivity index (χ0v) is 10.3. The Morgan fingerprint density at radius 3 is 2.18 bits per heavy atom. The Balaban J connectivity index is 2.72. The van der Waals surface area contributed by atoms with Gasteiger partial charge in [-0.05, 0) is 49.6 Å². The van der Waals surface area contributed by atoms with E-state index in [2.05, 4.69) is 0 Å². The molecule has 2 N–H and O–H groups in total. The molecular weight excluding hydrogens is 212 g/mol. The quantitative estimate of drug-likeness (QED) is 0.731. The van der Waals surface area contributed by atoms with Gasteiger partial charge in [0, 0.05) is 5.56 Å². The van der Waals surface area contributed by atoms with Crippen LogP contribution in [0.3, 0.4) is 0 Å². The van der Waals surface area contributed by atoms with Gasteiger partial charge in [-0.25, -0.2) is 0 Å². The molecule has 0 atom stereocenters. The highest BCUT2D eigenvalue weighted by molar-refractivity contribution is 5.76. The molecule has 2 aromatic carbocycles. The highest BCUT2D eigenvalue weighted by Gasteiger charge is 2.11. The van der Waals surface area contributed by atoms with E-state index in [1.165, 1.54) is 0 Å². The molecule has 0 unspecified atom stereocenters. The third-order valence-corrected chi connectivity index (χ3v) is 2.97. The molecule has 0 amide bonds. The summed E-state index contributed by atoms with van der Waals surface area (Å²) in [5.74, 6) is 0.410. The summed E-state index contributed by atoms with van der Waals surface area (Å²) in [7, 11) is 0. The molecule has 2 nitrogen and oxygen atoms in total. The van der Waals surface area contributed by atoms with Gasteiger partial charge in [0.25, 0.3) is 0 Å². The van der Waals surface area contributed by atoms with Crippen LogP contribution < -0.4 is 0 Å². The molecule has 0 aliphatic carbocycles. The largest absolute Gasteiger partial charge is 0.508 e. The summed E-state index contributed by atoms with van der Waals surface area (Å²) < 4.78 is 0. The lowest BCUT2D eigenvalue weighted by Gasteiger charge is -2.11. The third-order valence-electron chi connectivity index (χ3n) is 2.97. The van der Waals surface area contributed by atoms with E-state index >= 15 is 0 Å². The molecule has 88 valence electrons. The minimum atomic E-state index is 0.177. The molecule has 0 heterocycles. The van der Waals surface area contributed by atoms with Crippen molar-refractivity contribution in [2.24, 2.45) is 0 Å². The Morgan fingerprint density at radius 1 is 0.765 bits per heavy atom. The lowest BCUT2D eigenvalue weighted by atomic mass is 9.96. The van der Waals surface area contributed by atoms with Crippen LogP contribution in [0.1, 0.15) is 16.7 Å². The molecule has 2 aromatic rings. The molecule has 0 bridgehead atoms. The van der Waals surface area contributed by atoms with Crippen molar-refractivity contribution in [2.75, 3.05) is 0 Å². The number of aromatic hydroxyl groups is 2. The van der Waals surface area contributed by atoms with Crippen LogP contribution in [-0.2, 0) is 0 Å². The molecule has 0 saturated heterocycles. The Morgan fingerprint density at radius 2 is 1.47 bits per heavy atom. The SMILES string of the molecule is Cc1ccc(C)c(-c2cc(O)cc(C)c2O)c1. The van der Waals surface area contributed by atoms with Gasteiger partial charge in [0.05, 0.1) is 0 Å². The van der Waals surface area contributed by atoms with E-state index in [1.807, 2.05) is 32.0 Å². The number of hydrogen-bond donors (Lipinski definition) is 2. The van der Waals surface area contributed by atoms with Gasteiger partial charge in [-0.2, -0.15) is 0 Å². The fourth-order valence-corrected chi connectivity index (χ4v) is 1.99. The van der Waals surface area contributed by atoms with E-state index in [0.29, 0.717) is 11.1 Å². The van der Waals surface area contributed by atoms with Crippen LogP contribution in [-0.4, -0.2) is 10.2 Å². The van der Waals surface area contributed by atoms with Crippen molar-refractivity contribution >= 4 is 0 Å². The summed E-state index contributed by atoms with van der Waals surface area (Å²) in [5, 5.41) is 19.7. The normalized spacial score (nSPS) is 10.5. The van der Waals surface area contributed by atoms with Crippen LogP contribution >= 0.6 is 0 Å². The highest BCUT2D eigenvalue weighted by atomic mass is 16.3. The summed E-state index contributed by atoms with van der Waals surface area (Å²) in [6.45, 7) is 5.78. The van der Waals surface area contributed by atoms with E-state index < -0.39 is 0 Å². The predicted molar refractivity (Wildman–Crippen MR) is 69.4 cm³/mol. The van der Waals surface area contributed by atoms with Crippen molar-refractivity contribution in [3.8, 4) is 22.6 Å². The Hall–Kier alpha value is -1.96. The summed E-state index contributed by atoms with van der Waals surface area (Å²) in [4.78, 5) is 0. The maximum absolute atomic E-state index is 10.1. The van der Waals surface area contributed by atoms with Gasteiger partial charge in [-0.15, -0.1) is 0 Å². The second-order valence-corrected chi connectivity index (χ2v) is 4.48. The number of phenolic OH excluding ortho intramolecular Hbond substituents is 2. The maximum atomic E-state index is 10.1. The smallest absolute Gasteiger partial charge is 0.126 e. The monoisotopic (exact) mass is 228 g/mol. The molecule has 0 aliphatic rings. The average molecular weight is 228 g/mol. The number of benzene rings is 2. The molecule has 0 saturated carbocycles. The molecule has 2 rings (SSSR count). The first-order chi connectivity index (χ1) is 7.99. The van der Waals surface area contributed by atoms with Gasteiger partial charge in [-0.3, -0.25) is 0 Å². The van der Waals surface area contributed by atoms with Crippen LogP contribution in [0.5, 0.6) is 11.5 Å². The standard InChI is InChI=1S/C15H16O2/c1-9-4-5-10(2)13(6-9)14-8-12(16)7-11(3)15(14)17/h4-8,16-17H,1-3H3. The summed E-state index contributed by atoms with van der Waals surface area (Å²) in [5.41, 5.74) is 4.54. The maximum Gasteiger partial charge on any atom is 0.126 e. The molecule has 0 spiro atoms. The number of phenols is 2. The minimum Gasteiger partial charge on any atom is -0.508 e. The van der Waals surface area contributed by atoms with Gasteiger partial charge in [-0.1, -0.05) is 23.8 Å². The van der Waals surface area contributed by atoms with Crippen LogP contribution in [0.2, 0.25) is 0 Å². The van der Waals surface area contributed by atoms with Crippen molar-refractivity contribution < 1.29 is 10.2 Å². The van der Waals surface area contributed by atoms with Gasteiger partial charge >= 0.3 is 0 Å². The zero-order valence-electron chi connectivity index (χ0n) is 10.3. The number of aryl methyl sites for hydroxylation is 3. The number of rotatable bonds is 1. The van der Waals surface area contributed by atoms with E-state index in [-0.39, 0.29) is 11.5 Å². The van der Waals surface area contributed by atoms with Crippen molar-refractivity contribution in [3.05, 3.63) is 47.0 Å². The van der Waals surface area contributed by atoms with E-state index in [4.69, 9.17) is 0 Å². The van der Waals surface area contributed by atoms with Crippen molar-refractivity contribution in [1.29, 1.82) is 0 Å². The van der Waals surface area contributed by atoms with Crippen LogP contribution in [0.4, 0.5) is 0 Å². The van der Waals surface area contributed by atoms with Crippen LogP contribution in [0.25, 0.3) is 11.1 Å². The Bertz CT molecular complexity index is 571. The topological polar surface area (TPSA) is 40.5 Å². The average Bonchev–Trinajstić information content (AvgIpc) is 2.27. The first kappa shape index (κ1) is 11.5. The lowest BCUT2D eigenvalue weighted by Crippen LogP contribution is -1.87. The zero-order chi connectivity index (χ0) is 12.6. The molecule has 0 aliphatic heterocycles. The van der Waals surface area contributed by atoms with E-state index in [9.17, 15) is 10.2 Å². The van der Waals surface area contributed by atoms with Crippen molar-refractivity contribution in [3.63, 3.8) is 0 Å². The van der Waals surface area contributed by atoms with Crippen LogP contribution in [0.15, 0.2) is 30.3 Å². The second kappa shape index (κ2) is 4.13. The molecule has 0 radical (unpaired) electrons.